The monoisotopic (exact) mass is 229 g/mol. The molecule has 78 valence electrons. The second kappa shape index (κ2) is 5.65. The van der Waals surface area contributed by atoms with Gasteiger partial charge in [-0.2, -0.15) is 0 Å². The summed E-state index contributed by atoms with van der Waals surface area (Å²) in [6, 6.07) is 0. The number of carbonyl (C=O) groups excluding carboxylic acids is 1. The van der Waals surface area contributed by atoms with Gasteiger partial charge in [0.1, 0.15) is 0 Å². The highest BCUT2D eigenvalue weighted by molar-refractivity contribution is 6.57. The van der Waals surface area contributed by atoms with Gasteiger partial charge in [0.15, 0.2) is 10.6 Å². The van der Waals surface area contributed by atoms with Crippen molar-refractivity contribution in [3.63, 3.8) is 0 Å². The van der Waals surface area contributed by atoms with Crippen LogP contribution in [0.3, 0.4) is 0 Å². The first kappa shape index (κ1) is 13.0. The molecule has 0 spiro atoms. The Bertz CT molecular complexity index is 166. The summed E-state index contributed by atoms with van der Waals surface area (Å²) in [4.78, 5) is 11.1. The van der Waals surface area contributed by atoms with Crippen molar-refractivity contribution in [3.05, 3.63) is 0 Å². The van der Waals surface area contributed by atoms with Crippen molar-refractivity contribution in [1.82, 2.24) is 5.32 Å². The molecule has 0 aliphatic heterocycles. The van der Waals surface area contributed by atoms with E-state index in [9.17, 15) is 4.79 Å². The largest absolute Gasteiger partial charge is 0.354 e. The molecule has 4 nitrogen and oxygen atoms in total. The van der Waals surface area contributed by atoms with Crippen molar-refractivity contribution in [2.45, 2.75) is 17.5 Å². The summed E-state index contributed by atoms with van der Waals surface area (Å²) < 4.78 is 8.25. The first-order chi connectivity index (χ1) is 5.91. The number of rotatable bonds is 5. The van der Waals surface area contributed by atoms with E-state index in [2.05, 4.69) is 5.32 Å². The zero-order valence-corrected chi connectivity index (χ0v) is 9.28. The van der Waals surface area contributed by atoms with E-state index in [0.717, 1.165) is 0 Å². The van der Waals surface area contributed by atoms with Crippen LogP contribution in [0.5, 0.6) is 0 Å². The number of hydrogen-bond donors (Lipinski definition) is 1. The highest BCUT2D eigenvalue weighted by Crippen LogP contribution is 2.18. The molecule has 0 aromatic heterocycles. The number of carbonyl (C=O) groups is 1. The normalized spacial score (nSPS) is 11.8. The van der Waals surface area contributed by atoms with Crippen molar-refractivity contribution in [1.29, 1.82) is 0 Å². The SMILES string of the molecule is COC(CNC(=O)C(C)(Cl)Cl)OC. The fraction of sp³-hybridized carbons (Fsp3) is 0.857. The van der Waals surface area contributed by atoms with Crippen LogP contribution in [0.1, 0.15) is 6.92 Å². The standard InChI is InChI=1S/C7H13Cl2NO3/c1-7(8,9)6(11)10-4-5(12-2)13-3/h5H,4H2,1-3H3,(H,10,11). The summed E-state index contributed by atoms with van der Waals surface area (Å²) in [5, 5.41) is 2.47. The number of methoxy groups -OCH3 is 2. The summed E-state index contributed by atoms with van der Waals surface area (Å²) >= 11 is 11.1. The van der Waals surface area contributed by atoms with Gasteiger partial charge in [0, 0.05) is 14.2 Å². The Morgan fingerprint density at radius 2 is 1.92 bits per heavy atom. The van der Waals surface area contributed by atoms with Crippen LogP contribution in [0.25, 0.3) is 0 Å². The number of hydrogen-bond acceptors (Lipinski definition) is 3. The maximum atomic E-state index is 11.1. The lowest BCUT2D eigenvalue weighted by Gasteiger charge is -2.17. The van der Waals surface area contributed by atoms with Crippen molar-refractivity contribution in [3.8, 4) is 0 Å². The van der Waals surface area contributed by atoms with Gasteiger partial charge in [0.05, 0.1) is 6.54 Å². The molecular weight excluding hydrogens is 217 g/mol. The Balaban J connectivity index is 3.82. The molecule has 0 aliphatic rings. The van der Waals surface area contributed by atoms with Gasteiger partial charge in [-0.25, -0.2) is 0 Å². The van der Waals surface area contributed by atoms with Crippen LogP contribution < -0.4 is 5.32 Å². The minimum Gasteiger partial charge on any atom is -0.354 e. The number of alkyl halides is 2. The van der Waals surface area contributed by atoms with Crippen LogP contribution in [-0.4, -0.2) is 37.3 Å². The smallest absolute Gasteiger partial charge is 0.256 e. The molecule has 0 unspecified atom stereocenters. The van der Waals surface area contributed by atoms with E-state index in [0.29, 0.717) is 0 Å². The van der Waals surface area contributed by atoms with E-state index >= 15 is 0 Å². The Morgan fingerprint density at radius 3 is 2.23 bits per heavy atom. The molecule has 0 aromatic carbocycles. The third-order valence-corrected chi connectivity index (χ3v) is 1.70. The van der Waals surface area contributed by atoms with Crippen molar-refractivity contribution < 1.29 is 14.3 Å². The lowest BCUT2D eigenvalue weighted by Crippen LogP contribution is -2.41. The molecule has 0 atom stereocenters. The lowest BCUT2D eigenvalue weighted by molar-refractivity contribution is -0.127. The van der Waals surface area contributed by atoms with Crippen molar-refractivity contribution >= 4 is 29.1 Å². The van der Waals surface area contributed by atoms with E-state index in [1.54, 1.807) is 0 Å². The van der Waals surface area contributed by atoms with Gasteiger partial charge in [0.25, 0.3) is 5.91 Å². The van der Waals surface area contributed by atoms with Gasteiger partial charge in [-0.3, -0.25) is 4.79 Å². The molecule has 0 rings (SSSR count). The number of amides is 1. The van der Waals surface area contributed by atoms with Crippen LogP contribution >= 0.6 is 23.2 Å². The fourth-order valence-electron chi connectivity index (χ4n) is 0.594. The van der Waals surface area contributed by atoms with E-state index in [4.69, 9.17) is 32.7 Å². The van der Waals surface area contributed by atoms with E-state index in [1.165, 1.54) is 21.1 Å². The minimum absolute atomic E-state index is 0.209. The molecule has 13 heavy (non-hydrogen) atoms. The van der Waals surface area contributed by atoms with Crippen molar-refractivity contribution in [2.75, 3.05) is 20.8 Å². The lowest BCUT2D eigenvalue weighted by atomic mass is 10.4. The van der Waals surface area contributed by atoms with Crippen molar-refractivity contribution in [2.24, 2.45) is 0 Å². The zero-order valence-electron chi connectivity index (χ0n) is 7.77. The number of halogens is 2. The molecule has 0 bridgehead atoms. The molecular formula is C7H13Cl2NO3. The minimum atomic E-state index is -1.42. The molecule has 0 saturated heterocycles. The fourth-order valence-corrected chi connectivity index (χ4v) is 0.728. The van der Waals surface area contributed by atoms with Crippen LogP contribution in [0.4, 0.5) is 0 Å². The summed E-state index contributed by atoms with van der Waals surface area (Å²) in [7, 11) is 2.95. The molecule has 1 N–H and O–H groups in total. The molecule has 0 heterocycles. The third-order valence-electron chi connectivity index (χ3n) is 1.35. The molecule has 0 fully saturated rings. The summed E-state index contributed by atoms with van der Waals surface area (Å²) in [5.41, 5.74) is 0. The average Bonchev–Trinajstić information content (AvgIpc) is 2.04. The summed E-state index contributed by atoms with van der Waals surface area (Å²) in [6.07, 6.45) is -0.486. The maximum Gasteiger partial charge on any atom is 0.256 e. The Morgan fingerprint density at radius 1 is 1.46 bits per heavy atom. The predicted molar refractivity (Wildman–Crippen MR) is 50.9 cm³/mol. The van der Waals surface area contributed by atoms with Gasteiger partial charge in [-0.1, -0.05) is 23.2 Å². The van der Waals surface area contributed by atoms with Crippen LogP contribution in [0.2, 0.25) is 0 Å². The molecule has 0 radical (unpaired) electrons. The quantitative estimate of drug-likeness (QED) is 0.564. The topological polar surface area (TPSA) is 47.6 Å². The third kappa shape index (κ3) is 5.31. The van der Waals surface area contributed by atoms with Crippen LogP contribution in [-0.2, 0) is 14.3 Å². The van der Waals surface area contributed by atoms with Crippen LogP contribution in [0, 0.1) is 0 Å². The van der Waals surface area contributed by atoms with Gasteiger partial charge in [-0.05, 0) is 6.92 Å². The van der Waals surface area contributed by atoms with Gasteiger partial charge < -0.3 is 14.8 Å². The summed E-state index contributed by atoms with van der Waals surface area (Å²) in [6.45, 7) is 1.60. The first-order valence-electron chi connectivity index (χ1n) is 3.63. The average molecular weight is 230 g/mol. The van der Waals surface area contributed by atoms with E-state index in [-0.39, 0.29) is 6.54 Å². The van der Waals surface area contributed by atoms with Gasteiger partial charge in [0.2, 0.25) is 0 Å². The number of nitrogens with one attached hydrogen (secondary N) is 1. The Labute approximate surface area is 87.5 Å². The second-order valence-electron chi connectivity index (χ2n) is 2.50. The predicted octanol–water partition coefficient (Wildman–Crippen LogP) is 0.915. The van der Waals surface area contributed by atoms with Crippen LogP contribution in [0.15, 0.2) is 0 Å². The second-order valence-corrected chi connectivity index (χ2v) is 4.20. The van der Waals surface area contributed by atoms with Gasteiger partial charge >= 0.3 is 0 Å². The van der Waals surface area contributed by atoms with Gasteiger partial charge in [-0.15, -0.1) is 0 Å². The highest BCUT2D eigenvalue weighted by atomic mass is 35.5. The Kier molecular flexibility index (Phi) is 5.64. The molecule has 6 heteroatoms. The zero-order chi connectivity index (χ0) is 10.5. The Hall–Kier alpha value is -0.0300. The molecule has 0 saturated carbocycles. The summed E-state index contributed by atoms with van der Waals surface area (Å²) in [5.74, 6) is -0.477. The highest BCUT2D eigenvalue weighted by Gasteiger charge is 2.27. The molecule has 0 aromatic rings. The van der Waals surface area contributed by atoms with E-state index in [1.807, 2.05) is 0 Å². The first-order valence-corrected chi connectivity index (χ1v) is 4.39. The number of ether oxygens (including phenoxy) is 2. The van der Waals surface area contributed by atoms with E-state index < -0.39 is 16.5 Å². The molecule has 1 amide bonds. The maximum absolute atomic E-state index is 11.1. The molecule has 0 aliphatic carbocycles.